The Kier molecular flexibility index (Phi) is 5.12. The molecule has 0 aliphatic rings. The minimum Gasteiger partial charge on any atom is -0.384 e. The average Bonchev–Trinajstić information content (AvgIpc) is 2.47. The summed E-state index contributed by atoms with van der Waals surface area (Å²) in [6.07, 6.45) is 2.77. The Bertz CT molecular complexity index is 567. The molecule has 0 atom stereocenters. The molecule has 1 amide bonds. The number of hydrogen-bond acceptors (Lipinski definition) is 3. The van der Waals surface area contributed by atoms with Crippen LogP contribution in [0.3, 0.4) is 0 Å². The lowest BCUT2D eigenvalue weighted by Crippen LogP contribution is -2.12. The quantitative estimate of drug-likeness (QED) is 0.871. The van der Waals surface area contributed by atoms with Gasteiger partial charge in [-0.3, -0.25) is 4.79 Å². The number of benzene rings is 1. The number of rotatable bonds is 5. The van der Waals surface area contributed by atoms with Crippen LogP contribution < -0.4 is 10.6 Å². The standard InChI is InChI=1S/C15H16BrN3O/c1-2-9-17-13-7-8-14(18-10-13)19-15(20)11-3-5-12(16)6-4-11/h3-8,10,17H,2,9H2,1H3,(H,18,19,20). The fourth-order valence-corrected chi connectivity index (χ4v) is 1.90. The average molecular weight is 334 g/mol. The predicted octanol–water partition coefficient (Wildman–Crippen LogP) is 3.92. The first-order chi connectivity index (χ1) is 9.69. The van der Waals surface area contributed by atoms with Crippen molar-refractivity contribution in [2.24, 2.45) is 0 Å². The fraction of sp³-hybridized carbons (Fsp3) is 0.200. The summed E-state index contributed by atoms with van der Waals surface area (Å²) < 4.78 is 0.943. The highest BCUT2D eigenvalue weighted by molar-refractivity contribution is 9.10. The van der Waals surface area contributed by atoms with E-state index in [4.69, 9.17) is 0 Å². The van der Waals surface area contributed by atoms with E-state index in [0.29, 0.717) is 11.4 Å². The molecule has 0 radical (unpaired) electrons. The Balaban J connectivity index is 1.99. The van der Waals surface area contributed by atoms with Crippen molar-refractivity contribution in [3.05, 3.63) is 52.6 Å². The summed E-state index contributed by atoms with van der Waals surface area (Å²) in [4.78, 5) is 16.2. The summed E-state index contributed by atoms with van der Waals surface area (Å²) in [6, 6.07) is 10.9. The Morgan fingerprint density at radius 2 is 1.95 bits per heavy atom. The van der Waals surface area contributed by atoms with Crippen LogP contribution in [0, 0.1) is 0 Å². The largest absolute Gasteiger partial charge is 0.384 e. The van der Waals surface area contributed by atoms with Crippen LogP contribution in [0.1, 0.15) is 23.7 Å². The molecule has 0 spiro atoms. The Labute approximate surface area is 126 Å². The van der Waals surface area contributed by atoms with Crippen molar-refractivity contribution < 1.29 is 4.79 Å². The summed E-state index contributed by atoms with van der Waals surface area (Å²) in [6.45, 7) is 3.01. The van der Waals surface area contributed by atoms with E-state index in [9.17, 15) is 4.79 Å². The molecule has 5 heteroatoms. The van der Waals surface area contributed by atoms with E-state index in [1.165, 1.54) is 0 Å². The first kappa shape index (κ1) is 14.5. The SMILES string of the molecule is CCCNc1ccc(NC(=O)c2ccc(Br)cc2)nc1. The van der Waals surface area contributed by atoms with Crippen LogP contribution in [-0.4, -0.2) is 17.4 Å². The summed E-state index contributed by atoms with van der Waals surface area (Å²) in [5.74, 6) is 0.374. The Morgan fingerprint density at radius 3 is 2.55 bits per heavy atom. The Morgan fingerprint density at radius 1 is 1.20 bits per heavy atom. The van der Waals surface area contributed by atoms with Gasteiger partial charge in [0.05, 0.1) is 11.9 Å². The van der Waals surface area contributed by atoms with Gasteiger partial charge in [0.1, 0.15) is 5.82 Å². The molecule has 104 valence electrons. The van der Waals surface area contributed by atoms with Crippen molar-refractivity contribution in [1.29, 1.82) is 0 Å². The number of nitrogens with zero attached hydrogens (tertiary/aromatic N) is 1. The minimum absolute atomic E-state index is 0.167. The van der Waals surface area contributed by atoms with Crippen LogP contribution in [0.15, 0.2) is 47.1 Å². The zero-order chi connectivity index (χ0) is 14.4. The molecule has 0 saturated heterocycles. The highest BCUT2D eigenvalue weighted by atomic mass is 79.9. The van der Waals surface area contributed by atoms with Gasteiger partial charge in [-0.1, -0.05) is 22.9 Å². The molecule has 1 aromatic carbocycles. The van der Waals surface area contributed by atoms with Gasteiger partial charge in [0.2, 0.25) is 0 Å². The lowest BCUT2D eigenvalue weighted by molar-refractivity contribution is 0.102. The maximum absolute atomic E-state index is 12.0. The van der Waals surface area contributed by atoms with Crippen molar-refractivity contribution in [2.75, 3.05) is 17.2 Å². The van der Waals surface area contributed by atoms with E-state index in [1.807, 2.05) is 18.2 Å². The number of halogens is 1. The lowest BCUT2D eigenvalue weighted by Gasteiger charge is -2.07. The van der Waals surface area contributed by atoms with E-state index in [-0.39, 0.29) is 5.91 Å². The number of nitrogens with one attached hydrogen (secondary N) is 2. The molecule has 1 aromatic heterocycles. The van der Waals surface area contributed by atoms with Gasteiger partial charge in [0, 0.05) is 16.6 Å². The third-order valence-corrected chi connectivity index (χ3v) is 3.22. The van der Waals surface area contributed by atoms with Crippen molar-refractivity contribution in [1.82, 2.24) is 4.98 Å². The predicted molar refractivity (Wildman–Crippen MR) is 85.1 cm³/mol. The second kappa shape index (κ2) is 7.05. The van der Waals surface area contributed by atoms with Crippen LogP contribution in [0.5, 0.6) is 0 Å². The minimum atomic E-state index is -0.167. The molecule has 2 aromatic rings. The zero-order valence-corrected chi connectivity index (χ0v) is 12.8. The second-order valence-corrected chi connectivity index (χ2v) is 5.24. The van der Waals surface area contributed by atoms with Crippen LogP contribution in [0.2, 0.25) is 0 Å². The van der Waals surface area contributed by atoms with Crippen LogP contribution >= 0.6 is 15.9 Å². The van der Waals surface area contributed by atoms with Crippen molar-refractivity contribution in [2.45, 2.75) is 13.3 Å². The molecule has 20 heavy (non-hydrogen) atoms. The lowest BCUT2D eigenvalue weighted by atomic mass is 10.2. The Hall–Kier alpha value is -1.88. The monoisotopic (exact) mass is 333 g/mol. The van der Waals surface area contributed by atoms with Gasteiger partial charge in [0.25, 0.3) is 5.91 Å². The number of aromatic nitrogens is 1. The molecule has 0 saturated carbocycles. The van der Waals surface area contributed by atoms with Gasteiger partial charge in [-0.2, -0.15) is 0 Å². The number of anilines is 2. The zero-order valence-electron chi connectivity index (χ0n) is 11.2. The first-order valence-corrected chi connectivity index (χ1v) is 7.25. The van der Waals surface area contributed by atoms with Crippen LogP contribution in [0.25, 0.3) is 0 Å². The molecule has 2 rings (SSSR count). The third-order valence-electron chi connectivity index (χ3n) is 2.69. The van der Waals surface area contributed by atoms with E-state index in [1.54, 1.807) is 24.4 Å². The molecular formula is C15H16BrN3O. The normalized spacial score (nSPS) is 10.1. The van der Waals surface area contributed by atoms with Crippen LogP contribution in [0.4, 0.5) is 11.5 Å². The van der Waals surface area contributed by atoms with E-state index >= 15 is 0 Å². The first-order valence-electron chi connectivity index (χ1n) is 6.46. The van der Waals surface area contributed by atoms with Gasteiger partial charge < -0.3 is 10.6 Å². The highest BCUT2D eigenvalue weighted by Crippen LogP contribution is 2.13. The van der Waals surface area contributed by atoms with Crippen molar-refractivity contribution >= 4 is 33.3 Å². The molecule has 2 N–H and O–H groups in total. The third kappa shape index (κ3) is 4.06. The maximum atomic E-state index is 12.0. The van der Waals surface area contributed by atoms with Gasteiger partial charge in [0.15, 0.2) is 0 Å². The van der Waals surface area contributed by atoms with Gasteiger partial charge in [-0.25, -0.2) is 4.98 Å². The van der Waals surface area contributed by atoms with Crippen LogP contribution in [-0.2, 0) is 0 Å². The fourth-order valence-electron chi connectivity index (χ4n) is 1.63. The molecule has 0 fully saturated rings. The summed E-state index contributed by atoms with van der Waals surface area (Å²) in [5.41, 5.74) is 1.55. The van der Waals surface area contributed by atoms with Gasteiger partial charge in [-0.05, 0) is 42.8 Å². The second-order valence-electron chi connectivity index (χ2n) is 4.32. The summed E-state index contributed by atoms with van der Waals surface area (Å²) in [7, 11) is 0. The molecule has 0 aliphatic heterocycles. The molecule has 1 heterocycles. The van der Waals surface area contributed by atoms with Gasteiger partial charge >= 0.3 is 0 Å². The molecule has 4 nitrogen and oxygen atoms in total. The van der Waals surface area contributed by atoms with E-state index < -0.39 is 0 Å². The molecule has 0 bridgehead atoms. The molecular weight excluding hydrogens is 318 g/mol. The van der Waals surface area contributed by atoms with Crippen molar-refractivity contribution in [3.63, 3.8) is 0 Å². The summed E-state index contributed by atoms with van der Waals surface area (Å²) in [5, 5.41) is 6.00. The van der Waals surface area contributed by atoms with Gasteiger partial charge in [-0.15, -0.1) is 0 Å². The van der Waals surface area contributed by atoms with E-state index in [2.05, 4.69) is 38.5 Å². The summed E-state index contributed by atoms with van der Waals surface area (Å²) >= 11 is 3.34. The topological polar surface area (TPSA) is 54.0 Å². The number of carbonyl (C=O) groups excluding carboxylic acids is 1. The number of carbonyl (C=O) groups is 1. The molecule has 0 aliphatic carbocycles. The van der Waals surface area contributed by atoms with Crippen molar-refractivity contribution in [3.8, 4) is 0 Å². The highest BCUT2D eigenvalue weighted by Gasteiger charge is 2.06. The maximum Gasteiger partial charge on any atom is 0.256 e. The number of amides is 1. The van der Waals surface area contributed by atoms with E-state index in [0.717, 1.165) is 23.1 Å². The smallest absolute Gasteiger partial charge is 0.256 e. The number of hydrogen-bond donors (Lipinski definition) is 2. The number of pyridine rings is 1. The molecule has 0 unspecified atom stereocenters.